The fourth-order valence-corrected chi connectivity index (χ4v) is 18.6. The first-order valence-electron chi connectivity index (χ1n) is 14.2. The summed E-state index contributed by atoms with van der Waals surface area (Å²) in [5.41, 5.74) is 2.63. The molecule has 4 heteroatoms. The van der Waals surface area contributed by atoms with Gasteiger partial charge in [0.1, 0.15) is 0 Å². The van der Waals surface area contributed by atoms with Gasteiger partial charge in [0.25, 0.3) is 0 Å². The molecule has 1 aliphatic rings. The molecule has 0 saturated carbocycles. The van der Waals surface area contributed by atoms with E-state index in [-0.39, 0.29) is 12.0 Å². The zero-order valence-corrected chi connectivity index (χ0v) is 26.0. The van der Waals surface area contributed by atoms with Gasteiger partial charge in [-0.2, -0.15) is 0 Å². The Kier molecular flexibility index (Phi) is 10.3. The molecule has 0 spiro atoms. The first-order valence-corrected chi connectivity index (χ1v) is 20.1. The second-order valence-corrected chi connectivity index (χ2v) is 20.6. The van der Waals surface area contributed by atoms with Crippen molar-refractivity contribution in [2.75, 3.05) is 19.8 Å². The molecule has 0 radical (unpaired) electrons. The van der Waals surface area contributed by atoms with Gasteiger partial charge >= 0.3 is 226 Å². The van der Waals surface area contributed by atoms with Gasteiger partial charge in [-0.1, -0.05) is 18.2 Å². The molecular formula is C36H38O3Sn. The van der Waals surface area contributed by atoms with Crippen LogP contribution in [0.5, 0.6) is 0 Å². The van der Waals surface area contributed by atoms with Gasteiger partial charge in [-0.25, -0.2) is 0 Å². The van der Waals surface area contributed by atoms with E-state index in [1.165, 1.54) is 21.9 Å². The molecule has 40 heavy (non-hydrogen) atoms. The first-order chi connectivity index (χ1) is 19.8. The zero-order valence-electron chi connectivity index (χ0n) is 23.2. The second kappa shape index (κ2) is 14.5. The number of hydrogen-bond acceptors (Lipinski definition) is 3. The van der Waals surface area contributed by atoms with Crippen molar-refractivity contribution >= 4 is 29.1 Å². The minimum atomic E-state index is -3.54. The van der Waals surface area contributed by atoms with Crippen molar-refractivity contribution in [3.05, 3.63) is 149 Å². The SMILES string of the molecule is C[C@@H]1OCC/C(=[CH]\[Sn]([c]2ccccc2)([c]2ccccc2)[c]2ccccc2)[C@@H]1CO/C=C/COCc1ccccc1. The third-order valence-corrected chi connectivity index (χ3v) is 20.6. The van der Waals surface area contributed by atoms with Crippen molar-refractivity contribution < 1.29 is 14.2 Å². The molecule has 0 bridgehead atoms. The molecule has 1 fully saturated rings. The van der Waals surface area contributed by atoms with Crippen molar-refractivity contribution in [3.63, 3.8) is 0 Å². The van der Waals surface area contributed by atoms with Crippen LogP contribution < -0.4 is 10.7 Å². The summed E-state index contributed by atoms with van der Waals surface area (Å²) in [6.07, 6.45) is 4.75. The van der Waals surface area contributed by atoms with E-state index in [1.807, 2.05) is 24.3 Å². The van der Waals surface area contributed by atoms with E-state index in [1.54, 1.807) is 6.26 Å². The summed E-state index contributed by atoms with van der Waals surface area (Å²) in [5, 5.41) is 0. The summed E-state index contributed by atoms with van der Waals surface area (Å²) in [6, 6.07) is 43.7. The van der Waals surface area contributed by atoms with Crippen molar-refractivity contribution in [3.8, 4) is 0 Å². The predicted molar refractivity (Wildman–Crippen MR) is 167 cm³/mol. The first kappa shape index (κ1) is 28.4. The van der Waals surface area contributed by atoms with Gasteiger partial charge in [0.2, 0.25) is 0 Å². The molecule has 5 rings (SSSR count). The normalized spacial score (nSPS) is 18.7. The summed E-state index contributed by atoms with van der Waals surface area (Å²) >= 11 is -3.54. The van der Waals surface area contributed by atoms with Gasteiger partial charge in [0.05, 0.1) is 0 Å². The van der Waals surface area contributed by atoms with Crippen LogP contribution in [-0.2, 0) is 20.8 Å². The average molecular weight is 637 g/mol. The summed E-state index contributed by atoms with van der Waals surface area (Å²) in [6.45, 7) is 4.62. The Hall–Kier alpha value is -3.12. The van der Waals surface area contributed by atoms with Crippen LogP contribution in [0, 0.1) is 5.92 Å². The van der Waals surface area contributed by atoms with Crippen molar-refractivity contribution in [2.45, 2.75) is 26.1 Å². The molecule has 4 aromatic carbocycles. The number of hydrogen-bond donors (Lipinski definition) is 0. The van der Waals surface area contributed by atoms with Crippen LogP contribution in [0.25, 0.3) is 0 Å². The fraction of sp³-hybridized carbons (Fsp3) is 0.222. The average Bonchev–Trinajstić information content (AvgIpc) is 3.02. The van der Waals surface area contributed by atoms with Crippen LogP contribution >= 0.6 is 0 Å². The van der Waals surface area contributed by atoms with Gasteiger partial charge < -0.3 is 0 Å². The predicted octanol–water partition coefficient (Wildman–Crippen LogP) is 5.79. The number of benzene rings is 4. The Balaban J connectivity index is 1.41. The van der Waals surface area contributed by atoms with E-state index in [2.05, 4.69) is 114 Å². The Morgan fingerprint density at radius 1 is 0.750 bits per heavy atom. The molecule has 0 amide bonds. The van der Waals surface area contributed by atoms with Gasteiger partial charge in [-0.05, 0) is 0 Å². The van der Waals surface area contributed by atoms with Crippen LogP contribution in [0.1, 0.15) is 18.9 Å². The van der Waals surface area contributed by atoms with Crippen LogP contribution in [0.4, 0.5) is 0 Å². The monoisotopic (exact) mass is 638 g/mol. The van der Waals surface area contributed by atoms with Crippen molar-refractivity contribution in [2.24, 2.45) is 5.92 Å². The summed E-state index contributed by atoms with van der Waals surface area (Å²) < 4.78 is 25.1. The zero-order chi connectivity index (χ0) is 27.5. The Bertz CT molecular complexity index is 1260. The van der Waals surface area contributed by atoms with Gasteiger partial charge in [-0.15, -0.1) is 0 Å². The molecule has 0 unspecified atom stereocenters. The maximum atomic E-state index is 6.15. The molecule has 4 aromatic rings. The molecule has 1 saturated heterocycles. The summed E-state index contributed by atoms with van der Waals surface area (Å²) in [4.78, 5) is 0. The van der Waals surface area contributed by atoms with Crippen LogP contribution in [0.2, 0.25) is 0 Å². The van der Waals surface area contributed by atoms with Crippen molar-refractivity contribution in [1.82, 2.24) is 0 Å². The quantitative estimate of drug-likeness (QED) is 0.118. The molecule has 2 atom stereocenters. The third-order valence-electron chi connectivity index (χ3n) is 7.70. The Morgan fingerprint density at radius 2 is 1.27 bits per heavy atom. The fourth-order valence-electron chi connectivity index (χ4n) is 5.60. The van der Waals surface area contributed by atoms with Crippen LogP contribution in [0.15, 0.2) is 143 Å². The topological polar surface area (TPSA) is 27.7 Å². The Morgan fingerprint density at radius 3 is 1.82 bits per heavy atom. The maximum absolute atomic E-state index is 6.15. The molecular weight excluding hydrogens is 599 g/mol. The summed E-state index contributed by atoms with van der Waals surface area (Å²) in [7, 11) is 0. The van der Waals surface area contributed by atoms with E-state index < -0.39 is 18.4 Å². The van der Waals surface area contributed by atoms with E-state index in [0.29, 0.717) is 19.8 Å². The van der Waals surface area contributed by atoms with E-state index >= 15 is 0 Å². The molecule has 1 aliphatic heterocycles. The third kappa shape index (κ3) is 6.95. The van der Waals surface area contributed by atoms with E-state index in [4.69, 9.17) is 14.2 Å². The molecule has 0 aliphatic carbocycles. The minimum absolute atomic E-state index is 0.0917. The van der Waals surface area contributed by atoms with E-state index in [9.17, 15) is 0 Å². The van der Waals surface area contributed by atoms with Gasteiger partial charge in [0.15, 0.2) is 0 Å². The van der Waals surface area contributed by atoms with Gasteiger partial charge in [-0.3, -0.25) is 0 Å². The second-order valence-electron chi connectivity index (χ2n) is 10.3. The van der Waals surface area contributed by atoms with Crippen LogP contribution in [-0.4, -0.2) is 44.3 Å². The smallest absolute Gasteiger partial charge is 0.0622 e. The van der Waals surface area contributed by atoms with Crippen LogP contribution in [0.3, 0.4) is 0 Å². The number of rotatable bonds is 11. The molecule has 204 valence electrons. The van der Waals surface area contributed by atoms with Crippen molar-refractivity contribution in [1.29, 1.82) is 0 Å². The molecule has 0 N–H and O–H groups in total. The van der Waals surface area contributed by atoms with E-state index in [0.717, 1.165) is 13.0 Å². The molecule has 3 nitrogen and oxygen atoms in total. The number of ether oxygens (including phenoxy) is 3. The van der Waals surface area contributed by atoms with Gasteiger partial charge in [0, 0.05) is 0 Å². The summed E-state index contributed by atoms with van der Waals surface area (Å²) in [5.74, 6) is 0.191. The standard InChI is InChI=1S/C18H23O3.3C6H5.Sn/c1-15-9-12-21-16(2)18(15)14-20-11-6-10-19-13-17-7-4-3-5-8-17;3*1-2-4-6-5-3-1;/h1,3-8,11,16,18H,9-10,12-14H2,2H3;3*1-5H;/b11-6+,15-1?;;;;/t16-,18-;;;;/m0..../s1. The molecule has 1 heterocycles. The Labute approximate surface area is 243 Å². The minimum Gasteiger partial charge on any atom is -0.0622 e. The molecule has 0 aromatic heterocycles.